The molecule has 0 aliphatic carbocycles. The lowest BCUT2D eigenvalue weighted by molar-refractivity contribution is -0.143. The Labute approximate surface area is 214 Å². The van der Waals surface area contributed by atoms with Crippen molar-refractivity contribution in [2.24, 2.45) is 5.92 Å². The standard InChI is InChI=1S/C26H44N4O6/c1-4-9-19(10-5-2)24(34)29-21(14-15-23(32)33)26(36)30-16-8-13-22(30)25(35)28-20(17-31)12-7-6-11-18(3)27/h17,19-22,27H,4-16H2,1-3H3,(H,28,35)(H,29,34)(H,32,33)/t20-,21-,22?/m0/s1. The fourth-order valence-electron chi connectivity index (χ4n) is 4.63. The van der Waals surface area contributed by atoms with Crippen molar-refractivity contribution in [2.75, 3.05) is 6.54 Å². The van der Waals surface area contributed by atoms with Gasteiger partial charge in [0.05, 0.1) is 6.04 Å². The van der Waals surface area contributed by atoms with Gasteiger partial charge in [0.2, 0.25) is 17.7 Å². The van der Waals surface area contributed by atoms with Crippen LogP contribution in [0.4, 0.5) is 0 Å². The summed E-state index contributed by atoms with van der Waals surface area (Å²) < 4.78 is 0. The predicted molar refractivity (Wildman–Crippen MR) is 137 cm³/mol. The minimum atomic E-state index is -1.07. The van der Waals surface area contributed by atoms with Crippen LogP contribution in [-0.2, 0) is 24.0 Å². The van der Waals surface area contributed by atoms with Gasteiger partial charge >= 0.3 is 5.97 Å². The molecule has 3 amide bonds. The molecular formula is C26H44N4O6. The third kappa shape index (κ3) is 10.9. The highest BCUT2D eigenvalue weighted by Crippen LogP contribution is 2.21. The Morgan fingerprint density at radius 2 is 1.69 bits per heavy atom. The summed E-state index contributed by atoms with van der Waals surface area (Å²) in [5, 5.41) is 22.1. The largest absolute Gasteiger partial charge is 0.481 e. The van der Waals surface area contributed by atoms with Gasteiger partial charge < -0.3 is 30.8 Å². The molecule has 10 heteroatoms. The van der Waals surface area contributed by atoms with Crippen molar-refractivity contribution >= 4 is 35.7 Å². The Morgan fingerprint density at radius 3 is 2.25 bits per heavy atom. The van der Waals surface area contributed by atoms with E-state index in [0.717, 1.165) is 19.3 Å². The second-order valence-electron chi connectivity index (χ2n) is 9.73. The van der Waals surface area contributed by atoms with Crippen molar-refractivity contribution in [1.82, 2.24) is 15.5 Å². The van der Waals surface area contributed by atoms with Gasteiger partial charge in [-0.1, -0.05) is 33.1 Å². The summed E-state index contributed by atoms with van der Waals surface area (Å²) in [6.45, 7) is 6.02. The van der Waals surface area contributed by atoms with E-state index in [4.69, 9.17) is 10.5 Å². The molecule has 1 aliphatic heterocycles. The molecule has 0 bridgehead atoms. The molecule has 36 heavy (non-hydrogen) atoms. The van der Waals surface area contributed by atoms with Crippen molar-refractivity contribution in [3.63, 3.8) is 0 Å². The summed E-state index contributed by atoms with van der Waals surface area (Å²) in [5.74, 6) is -2.45. The maximum atomic E-state index is 13.4. The molecule has 204 valence electrons. The number of likely N-dealkylation sites (tertiary alicyclic amines) is 1. The lowest BCUT2D eigenvalue weighted by Crippen LogP contribution is -2.55. The Bertz CT molecular complexity index is 766. The van der Waals surface area contributed by atoms with E-state index in [0.29, 0.717) is 63.5 Å². The van der Waals surface area contributed by atoms with Crippen LogP contribution in [0.25, 0.3) is 0 Å². The van der Waals surface area contributed by atoms with Crippen LogP contribution >= 0.6 is 0 Å². The average Bonchev–Trinajstić information content (AvgIpc) is 3.32. The Kier molecular flexibility index (Phi) is 14.6. The van der Waals surface area contributed by atoms with Gasteiger partial charge in [-0.05, 0) is 58.3 Å². The zero-order chi connectivity index (χ0) is 27.1. The molecule has 1 heterocycles. The molecule has 0 radical (unpaired) electrons. The fourth-order valence-corrected chi connectivity index (χ4v) is 4.63. The molecule has 0 aromatic heterocycles. The van der Waals surface area contributed by atoms with E-state index >= 15 is 0 Å². The number of hydrogen-bond donors (Lipinski definition) is 4. The lowest BCUT2D eigenvalue weighted by atomic mass is 9.96. The molecule has 4 N–H and O–H groups in total. The van der Waals surface area contributed by atoms with Crippen molar-refractivity contribution < 1.29 is 29.1 Å². The Morgan fingerprint density at radius 1 is 1.03 bits per heavy atom. The zero-order valence-corrected chi connectivity index (χ0v) is 22.0. The topological polar surface area (TPSA) is 157 Å². The van der Waals surface area contributed by atoms with Gasteiger partial charge in [-0.25, -0.2) is 0 Å². The molecule has 1 rings (SSSR count). The lowest BCUT2D eigenvalue weighted by Gasteiger charge is -2.30. The number of carbonyl (C=O) groups excluding carboxylic acids is 4. The molecule has 1 saturated heterocycles. The molecule has 0 spiro atoms. The third-order valence-corrected chi connectivity index (χ3v) is 6.55. The molecular weight excluding hydrogens is 464 g/mol. The Hall–Kier alpha value is -2.78. The van der Waals surface area contributed by atoms with Crippen LogP contribution in [0.2, 0.25) is 0 Å². The molecule has 1 fully saturated rings. The average molecular weight is 509 g/mol. The minimum Gasteiger partial charge on any atom is -0.481 e. The first-order chi connectivity index (χ1) is 17.1. The maximum absolute atomic E-state index is 13.4. The second kappa shape index (κ2) is 16.8. The van der Waals surface area contributed by atoms with E-state index in [9.17, 15) is 24.0 Å². The first-order valence-electron chi connectivity index (χ1n) is 13.3. The highest BCUT2D eigenvalue weighted by Gasteiger charge is 2.38. The number of nitrogens with zero attached hydrogens (tertiary/aromatic N) is 1. The first-order valence-corrected chi connectivity index (χ1v) is 13.3. The summed E-state index contributed by atoms with van der Waals surface area (Å²) in [6.07, 6.45) is 6.93. The van der Waals surface area contributed by atoms with Gasteiger partial charge in [0.25, 0.3) is 0 Å². The maximum Gasteiger partial charge on any atom is 0.303 e. The molecule has 1 unspecified atom stereocenters. The summed E-state index contributed by atoms with van der Waals surface area (Å²) in [7, 11) is 0. The molecule has 1 aliphatic rings. The van der Waals surface area contributed by atoms with E-state index < -0.39 is 35.9 Å². The molecule has 3 atom stereocenters. The minimum absolute atomic E-state index is 0.0564. The van der Waals surface area contributed by atoms with Crippen LogP contribution in [0.5, 0.6) is 0 Å². The SMILES string of the molecule is CCCC(CCC)C(=O)N[C@@H](CCC(=O)O)C(=O)N1CCCC1C(=O)N[C@H](C=O)CCCCC(C)=N. The van der Waals surface area contributed by atoms with Gasteiger partial charge in [-0.3, -0.25) is 19.2 Å². The van der Waals surface area contributed by atoms with Gasteiger partial charge in [0, 0.05) is 24.6 Å². The van der Waals surface area contributed by atoms with E-state index in [2.05, 4.69) is 10.6 Å². The van der Waals surface area contributed by atoms with Crippen LogP contribution in [0.3, 0.4) is 0 Å². The number of carboxylic acids is 1. The number of carboxylic acid groups (broad SMARTS) is 1. The van der Waals surface area contributed by atoms with E-state index in [1.807, 2.05) is 13.8 Å². The molecule has 0 saturated carbocycles. The summed E-state index contributed by atoms with van der Waals surface area (Å²) in [4.78, 5) is 63.4. The molecule has 0 aromatic rings. The Balaban J connectivity index is 2.89. The smallest absolute Gasteiger partial charge is 0.303 e. The second-order valence-corrected chi connectivity index (χ2v) is 9.73. The normalized spacial score (nSPS) is 16.9. The van der Waals surface area contributed by atoms with Crippen LogP contribution in [0.15, 0.2) is 0 Å². The van der Waals surface area contributed by atoms with Crippen LogP contribution in [-0.4, -0.2) is 70.4 Å². The fraction of sp³-hybridized carbons (Fsp3) is 0.769. The number of unbranched alkanes of at least 4 members (excludes halogenated alkanes) is 1. The van der Waals surface area contributed by atoms with E-state index in [1.54, 1.807) is 6.92 Å². The highest BCUT2D eigenvalue weighted by molar-refractivity contribution is 5.93. The summed E-state index contributed by atoms with van der Waals surface area (Å²) >= 11 is 0. The quantitative estimate of drug-likeness (QED) is 0.127. The number of aliphatic carboxylic acids is 1. The van der Waals surface area contributed by atoms with E-state index in [1.165, 1.54) is 4.90 Å². The summed E-state index contributed by atoms with van der Waals surface area (Å²) in [5.41, 5.74) is 0.571. The third-order valence-electron chi connectivity index (χ3n) is 6.55. The number of carbonyl (C=O) groups is 5. The van der Waals surface area contributed by atoms with E-state index in [-0.39, 0.29) is 24.7 Å². The predicted octanol–water partition coefficient (Wildman–Crippen LogP) is 2.83. The van der Waals surface area contributed by atoms with Gasteiger partial charge in [0.1, 0.15) is 18.4 Å². The van der Waals surface area contributed by atoms with Crippen LogP contribution in [0, 0.1) is 11.3 Å². The molecule has 0 aromatic carbocycles. The zero-order valence-electron chi connectivity index (χ0n) is 22.0. The van der Waals surface area contributed by atoms with Gasteiger partial charge in [0.15, 0.2) is 0 Å². The van der Waals surface area contributed by atoms with Crippen LogP contribution in [0.1, 0.15) is 97.8 Å². The molecule has 10 nitrogen and oxygen atoms in total. The number of nitrogens with one attached hydrogen (secondary N) is 3. The van der Waals surface area contributed by atoms with Crippen molar-refractivity contribution in [1.29, 1.82) is 5.41 Å². The number of hydrogen-bond acceptors (Lipinski definition) is 6. The highest BCUT2D eigenvalue weighted by atomic mass is 16.4. The van der Waals surface area contributed by atoms with Crippen molar-refractivity contribution in [3.8, 4) is 0 Å². The number of amides is 3. The van der Waals surface area contributed by atoms with Crippen LogP contribution < -0.4 is 10.6 Å². The monoisotopic (exact) mass is 508 g/mol. The van der Waals surface area contributed by atoms with Crippen molar-refractivity contribution in [2.45, 2.75) is 116 Å². The van der Waals surface area contributed by atoms with Crippen molar-refractivity contribution in [3.05, 3.63) is 0 Å². The first kappa shape index (κ1) is 31.3. The number of rotatable bonds is 18. The van der Waals surface area contributed by atoms with Gasteiger partial charge in [-0.2, -0.15) is 0 Å². The summed E-state index contributed by atoms with van der Waals surface area (Å²) in [6, 6.07) is -2.47. The van der Waals surface area contributed by atoms with Gasteiger partial charge in [-0.15, -0.1) is 0 Å². The number of aldehydes is 1.